The third kappa shape index (κ3) is 5.27. The zero-order valence-corrected chi connectivity index (χ0v) is 21.1. The average molecular weight is 545 g/mol. The van der Waals surface area contributed by atoms with Crippen molar-refractivity contribution in [1.82, 2.24) is 9.66 Å². The minimum absolute atomic E-state index is 0.127. The fraction of sp³-hybridized carbons (Fsp3) is 0.0357. The van der Waals surface area contributed by atoms with E-state index in [4.69, 9.17) is 27.9 Å². The van der Waals surface area contributed by atoms with Crippen LogP contribution in [0.5, 0.6) is 5.75 Å². The second kappa shape index (κ2) is 10.8. The molecule has 0 spiro atoms. The minimum atomic E-state index is -0.515. The average Bonchev–Trinajstić information content (AvgIpc) is 2.93. The Labute approximate surface area is 226 Å². The van der Waals surface area contributed by atoms with E-state index in [0.717, 1.165) is 5.56 Å². The van der Waals surface area contributed by atoms with E-state index in [0.29, 0.717) is 43.6 Å². The van der Waals surface area contributed by atoms with Gasteiger partial charge in [0.05, 0.1) is 32.1 Å². The highest BCUT2D eigenvalue weighted by atomic mass is 35.5. The standard InChI is InChI=1S/C28H18Cl2N4O4/c29-23-12-10-18(14-24(23)30)17-38-26-13-11-21(34(36)37)15-20(26)16-31-33-27(19-6-2-1-3-7-19)32-25-9-5-4-8-22(25)28(33)35/h1-16H,17H2. The Morgan fingerprint density at radius 3 is 2.47 bits per heavy atom. The van der Waals surface area contributed by atoms with E-state index in [9.17, 15) is 14.9 Å². The molecule has 5 aromatic rings. The summed E-state index contributed by atoms with van der Waals surface area (Å²) in [4.78, 5) is 29.0. The van der Waals surface area contributed by atoms with Crippen LogP contribution in [-0.4, -0.2) is 20.8 Å². The van der Waals surface area contributed by atoms with Crippen LogP contribution in [0.2, 0.25) is 10.0 Å². The topological polar surface area (TPSA) is 99.6 Å². The minimum Gasteiger partial charge on any atom is -0.488 e. The number of fused-ring (bicyclic) bond motifs is 1. The smallest absolute Gasteiger partial charge is 0.282 e. The van der Waals surface area contributed by atoms with E-state index in [-0.39, 0.29) is 17.9 Å². The molecule has 0 radical (unpaired) electrons. The largest absolute Gasteiger partial charge is 0.488 e. The highest BCUT2D eigenvalue weighted by molar-refractivity contribution is 6.42. The van der Waals surface area contributed by atoms with E-state index >= 15 is 0 Å². The first-order valence-corrected chi connectivity index (χ1v) is 12.1. The molecular formula is C28H18Cl2N4O4. The SMILES string of the molecule is O=c1c2ccccc2nc(-c2ccccc2)n1N=Cc1cc([N+](=O)[O-])ccc1OCc1ccc(Cl)c(Cl)c1. The van der Waals surface area contributed by atoms with Gasteiger partial charge in [0.2, 0.25) is 0 Å². The van der Waals surface area contributed by atoms with Gasteiger partial charge in [-0.05, 0) is 35.9 Å². The molecule has 0 atom stereocenters. The van der Waals surface area contributed by atoms with Crippen LogP contribution in [0, 0.1) is 10.1 Å². The van der Waals surface area contributed by atoms with Gasteiger partial charge in [-0.1, -0.05) is 71.7 Å². The van der Waals surface area contributed by atoms with Gasteiger partial charge in [-0.3, -0.25) is 14.9 Å². The number of rotatable bonds is 7. The number of nitrogens with zero attached hydrogens (tertiary/aromatic N) is 4. The first kappa shape index (κ1) is 25.1. The summed E-state index contributed by atoms with van der Waals surface area (Å²) in [5.74, 6) is 0.655. The number of para-hydroxylation sites is 1. The second-order valence-corrected chi connectivity index (χ2v) is 9.01. The lowest BCUT2D eigenvalue weighted by molar-refractivity contribution is -0.384. The van der Waals surface area contributed by atoms with Gasteiger partial charge >= 0.3 is 0 Å². The molecule has 1 heterocycles. The van der Waals surface area contributed by atoms with Crippen molar-refractivity contribution in [2.45, 2.75) is 6.61 Å². The highest BCUT2D eigenvalue weighted by Gasteiger charge is 2.14. The van der Waals surface area contributed by atoms with Crippen LogP contribution in [0.3, 0.4) is 0 Å². The quantitative estimate of drug-likeness (QED) is 0.128. The van der Waals surface area contributed by atoms with Gasteiger partial charge in [0, 0.05) is 23.3 Å². The summed E-state index contributed by atoms with van der Waals surface area (Å²) in [6.07, 6.45) is 1.35. The molecule has 4 aromatic carbocycles. The fourth-order valence-corrected chi connectivity index (χ4v) is 4.12. The van der Waals surface area contributed by atoms with E-state index in [2.05, 4.69) is 10.1 Å². The molecule has 188 valence electrons. The molecule has 0 bridgehead atoms. The van der Waals surface area contributed by atoms with Crippen LogP contribution in [0.25, 0.3) is 22.3 Å². The normalized spacial score (nSPS) is 11.2. The first-order chi connectivity index (χ1) is 18.4. The number of ether oxygens (including phenoxy) is 1. The summed E-state index contributed by atoms with van der Waals surface area (Å²) in [6.45, 7) is 0.127. The molecule has 0 aliphatic carbocycles. The summed E-state index contributed by atoms with van der Waals surface area (Å²) in [6, 6.07) is 25.4. The van der Waals surface area contributed by atoms with Gasteiger partial charge in [-0.25, -0.2) is 4.98 Å². The molecule has 0 aliphatic rings. The molecule has 0 fully saturated rings. The first-order valence-electron chi connectivity index (χ1n) is 11.4. The Morgan fingerprint density at radius 2 is 1.71 bits per heavy atom. The van der Waals surface area contributed by atoms with Crippen LogP contribution in [-0.2, 0) is 6.61 Å². The Kier molecular flexibility index (Phi) is 7.17. The Hall–Kier alpha value is -4.53. The molecule has 8 nitrogen and oxygen atoms in total. The monoisotopic (exact) mass is 544 g/mol. The van der Waals surface area contributed by atoms with Crippen LogP contribution < -0.4 is 10.3 Å². The number of benzene rings is 4. The molecule has 0 saturated carbocycles. The van der Waals surface area contributed by atoms with Crippen LogP contribution in [0.4, 0.5) is 5.69 Å². The van der Waals surface area contributed by atoms with Crippen LogP contribution >= 0.6 is 23.2 Å². The van der Waals surface area contributed by atoms with Gasteiger partial charge in [0.15, 0.2) is 5.82 Å². The fourth-order valence-electron chi connectivity index (χ4n) is 3.80. The zero-order valence-electron chi connectivity index (χ0n) is 19.6. The maximum absolute atomic E-state index is 13.4. The lowest BCUT2D eigenvalue weighted by atomic mass is 10.2. The number of aromatic nitrogens is 2. The molecule has 38 heavy (non-hydrogen) atoms. The molecule has 0 aliphatic heterocycles. The van der Waals surface area contributed by atoms with Crippen LogP contribution in [0.15, 0.2) is 101 Å². The van der Waals surface area contributed by atoms with Gasteiger partial charge in [0.1, 0.15) is 12.4 Å². The highest BCUT2D eigenvalue weighted by Crippen LogP contribution is 2.27. The summed E-state index contributed by atoms with van der Waals surface area (Å²) in [7, 11) is 0. The number of hydrogen-bond acceptors (Lipinski definition) is 6. The van der Waals surface area contributed by atoms with E-state index in [1.54, 1.807) is 42.5 Å². The van der Waals surface area contributed by atoms with Crippen molar-refractivity contribution in [3.8, 4) is 17.1 Å². The number of hydrogen-bond donors (Lipinski definition) is 0. The number of nitro groups is 1. The van der Waals surface area contributed by atoms with Crippen molar-refractivity contribution in [3.05, 3.63) is 133 Å². The molecular weight excluding hydrogens is 527 g/mol. The van der Waals surface area contributed by atoms with Crippen molar-refractivity contribution < 1.29 is 9.66 Å². The van der Waals surface area contributed by atoms with Crippen molar-refractivity contribution in [2.24, 2.45) is 5.10 Å². The Bertz CT molecular complexity index is 1750. The summed E-state index contributed by atoms with van der Waals surface area (Å²) >= 11 is 12.1. The van der Waals surface area contributed by atoms with Gasteiger partial charge in [-0.2, -0.15) is 9.78 Å². The summed E-state index contributed by atoms with van der Waals surface area (Å²) in [5.41, 5.74) is 1.74. The van der Waals surface area contributed by atoms with Crippen LogP contribution in [0.1, 0.15) is 11.1 Å². The molecule has 0 unspecified atom stereocenters. The van der Waals surface area contributed by atoms with Gasteiger partial charge in [-0.15, -0.1) is 0 Å². The zero-order chi connectivity index (χ0) is 26.6. The molecule has 5 rings (SSSR count). The van der Waals surface area contributed by atoms with Gasteiger partial charge < -0.3 is 4.74 Å². The van der Waals surface area contributed by atoms with Crippen molar-refractivity contribution in [2.75, 3.05) is 0 Å². The number of non-ortho nitro benzene ring substituents is 1. The van der Waals surface area contributed by atoms with E-state index < -0.39 is 4.92 Å². The lowest BCUT2D eigenvalue weighted by Gasteiger charge is -2.11. The lowest BCUT2D eigenvalue weighted by Crippen LogP contribution is -2.20. The molecule has 0 N–H and O–H groups in total. The summed E-state index contributed by atoms with van der Waals surface area (Å²) < 4.78 is 7.12. The van der Waals surface area contributed by atoms with E-state index in [1.807, 2.05) is 30.3 Å². The Morgan fingerprint density at radius 1 is 0.947 bits per heavy atom. The molecule has 0 saturated heterocycles. The van der Waals surface area contributed by atoms with Gasteiger partial charge in [0.25, 0.3) is 11.2 Å². The number of nitro benzene ring substituents is 1. The maximum atomic E-state index is 13.4. The molecule has 1 aromatic heterocycles. The molecule has 10 heteroatoms. The predicted molar refractivity (Wildman–Crippen MR) is 148 cm³/mol. The number of halogens is 2. The maximum Gasteiger partial charge on any atom is 0.282 e. The third-order valence-corrected chi connectivity index (χ3v) is 6.42. The summed E-state index contributed by atoms with van der Waals surface area (Å²) in [5, 5.41) is 17.1. The van der Waals surface area contributed by atoms with Crippen molar-refractivity contribution in [1.29, 1.82) is 0 Å². The van der Waals surface area contributed by atoms with E-state index in [1.165, 1.54) is 29.1 Å². The second-order valence-electron chi connectivity index (χ2n) is 8.20. The Balaban J connectivity index is 1.58. The van der Waals surface area contributed by atoms with Crippen molar-refractivity contribution >= 4 is 46.0 Å². The van der Waals surface area contributed by atoms with Crippen molar-refractivity contribution in [3.63, 3.8) is 0 Å². The molecule has 0 amide bonds. The predicted octanol–water partition coefficient (Wildman–Crippen LogP) is 6.74. The third-order valence-electron chi connectivity index (χ3n) is 5.68.